The largest absolute Gasteiger partial charge is 0.337 e. The third-order valence-corrected chi connectivity index (χ3v) is 4.24. The number of anilines is 1. The molecule has 0 atom stereocenters. The smallest absolute Gasteiger partial charge is 0.274 e. The first kappa shape index (κ1) is 19.6. The molecule has 1 N–H and O–H groups in total. The van der Waals surface area contributed by atoms with E-state index in [2.05, 4.69) is 10.3 Å². The second-order valence-corrected chi connectivity index (χ2v) is 6.45. The zero-order valence-electron chi connectivity index (χ0n) is 16.0. The predicted octanol–water partition coefficient (Wildman–Crippen LogP) is 4.21. The molecule has 2 aromatic rings. The number of rotatable bonds is 7. The maximum absolute atomic E-state index is 12.7. The van der Waals surface area contributed by atoms with Crippen LogP contribution in [0.4, 0.5) is 5.69 Å². The van der Waals surface area contributed by atoms with Crippen molar-refractivity contribution >= 4 is 17.5 Å². The first-order valence-electron chi connectivity index (χ1n) is 9.11. The van der Waals surface area contributed by atoms with Gasteiger partial charge in [0.1, 0.15) is 11.4 Å². The number of nitrogens with one attached hydrogen (secondary N) is 1. The molecule has 1 aromatic carbocycles. The minimum Gasteiger partial charge on any atom is -0.337 e. The Morgan fingerprint density at radius 2 is 1.62 bits per heavy atom. The Bertz CT molecular complexity index is 781. The number of nitrogens with zero attached hydrogens (tertiary/aromatic N) is 2. The summed E-state index contributed by atoms with van der Waals surface area (Å²) < 4.78 is 0. The van der Waals surface area contributed by atoms with E-state index in [1.165, 1.54) is 5.56 Å². The van der Waals surface area contributed by atoms with Crippen molar-refractivity contribution in [2.45, 2.75) is 40.5 Å². The Morgan fingerprint density at radius 3 is 2.23 bits per heavy atom. The Labute approximate surface area is 155 Å². The van der Waals surface area contributed by atoms with Crippen LogP contribution < -0.4 is 5.32 Å². The van der Waals surface area contributed by atoms with Gasteiger partial charge in [0.15, 0.2) is 0 Å². The number of aryl methyl sites for hydroxylation is 2. The first-order chi connectivity index (χ1) is 12.5. The molecule has 2 rings (SSSR count). The third-order valence-electron chi connectivity index (χ3n) is 4.24. The summed E-state index contributed by atoms with van der Waals surface area (Å²) in [5.74, 6) is -0.449. The van der Waals surface area contributed by atoms with Crippen molar-refractivity contribution < 1.29 is 9.59 Å². The summed E-state index contributed by atoms with van der Waals surface area (Å²) in [7, 11) is 0. The van der Waals surface area contributed by atoms with E-state index >= 15 is 0 Å². The van der Waals surface area contributed by atoms with Crippen molar-refractivity contribution in [1.29, 1.82) is 0 Å². The average molecular weight is 353 g/mol. The number of aromatic nitrogens is 1. The molecule has 0 spiro atoms. The number of benzene rings is 1. The van der Waals surface area contributed by atoms with E-state index in [9.17, 15) is 9.59 Å². The highest BCUT2D eigenvalue weighted by atomic mass is 16.2. The number of hydrogen-bond donors (Lipinski definition) is 1. The van der Waals surface area contributed by atoms with Crippen LogP contribution >= 0.6 is 0 Å². The summed E-state index contributed by atoms with van der Waals surface area (Å²) in [6.07, 6.45) is 1.78. The standard InChI is InChI=1S/C21H27N3O2/c1-5-12-24(13-6-2)21(26)19-9-7-8-18(23-19)20(25)22-17-11-10-15(3)16(4)14-17/h7-11,14H,5-6,12-13H2,1-4H3,(H,22,25). The lowest BCUT2D eigenvalue weighted by atomic mass is 10.1. The van der Waals surface area contributed by atoms with Gasteiger partial charge in [0.05, 0.1) is 0 Å². The van der Waals surface area contributed by atoms with Crippen LogP contribution in [0.25, 0.3) is 0 Å². The summed E-state index contributed by atoms with van der Waals surface area (Å²) in [4.78, 5) is 31.3. The maximum atomic E-state index is 12.7. The van der Waals surface area contributed by atoms with Crippen LogP contribution in [0.2, 0.25) is 0 Å². The van der Waals surface area contributed by atoms with Crippen molar-refractivity contribution in [3.8, 4) is 0 Å². The van der Waals surface area contributed by atoms with Crippen LogP contribution in [0.5, 0.6) is 0 Å². The summed E-state index contributed by atoms with van der Waals surface area (Å²) in [5.41, 5.74) is 3.53. The molecule has 0 saturated carbocycles. The maximum Gasteiger partial charge on any atom is 0.274 e. The van der Waals surface area contributed by atoms with Crippen molar-refractivity contribution in [2.24, 2.45) is 0 Å². The Kier molecular flexibility index (Phi) is 6.89. The topological polar surface area (TPSA) is 62.3 Å². The molecule has 2 amide bonds. The quantitative estimate of drug-likeness (QED) is 0.811. The molecule has 5 nitrogen and oxygen atoms in total. The van der Waals surface area contributed by atoms with Gasteiger partial charge in [-0.15, -0.1) is 0 Å². The number of carbonyl (C=O) groups excluding carboxylic acids is 2. The molecule has 0 aliphatic heterocycles. The normalized spacial score (nSPS) is 10.5. The molecule has 1 aromatic heterocycles. The van der Waals surface area contributed by atoms with E-state index in [1.54, 1.807) is 23.1 Å². The monoisotopic (exact) mass is 353 g/mol. The van der Waals surface area contributed by atoms with Gasteiger partial charge in [-0.3, -0.25) is 9.59 Å². The Morgan fingerprint density at radius 1 is 0.962 bits per heavy atom. The molecule has 5 heteroatoms. The zero-order valence-corrected chi connectivity index (χ0v) is 16.0. The van der Waals surface area contributed by atoms with Crippen LogP contribution in [0.3, 0.4) is 0 Å². The highest BCUT2D eigenvalue weighted by molar-refractivity contribution is 6.03. The van der Waals surface area contributed by atoms with E-state index in [-0.39, 0.29) is 17.5 Å². The molecular formula is C21H27N3O2. The third kappa shape index (κ3) is 4.91. The van der Waals surface area contributed by atoms with E-state index in [0.29, 0.717) is 18.8 Å². The van der Waals surface area contributed by atoms with Crippen molar-refractivity contribution in [1.82, 2.24) is 9.88 Å². The van der Waals surface area contributed by atoms with Gasteiger partial charge < -0.3 is 10.2 Å². The minimum absolute atomic E-state index is 0.130. The molecule has 0 aliphatic rings. The van der Waals surface area contributed by atoms with Gasteiger partial charge in [-0.1, -0.05) is 26.0 Å². The first-order valence-corrected chi connectivity index (χ1v) is 9.11. The Hall–Kier alpha value is -2.69. The van der Waals surface area contributed by atoms with E-state index in [0.717, 1.165) is 24.1 Å². The molecule has 0 unspecified atom stereocenters. The summed E-state index contributed by atoms with van der Waals surface area (Å²) in [6, 6.07) is 10.7. The van der Waals surface area contributed by atoms with Crippen LogP contribution in [0.15, 0.2) is 36.4 Å². The fraction of sp³-hybridized carbons (Fsp3) is 0.381. The lowest BCUT2D eigenvalue weighted by Gasteiger charge is -2.21. The van der Waals surface area contributed by atoms with Crippen LogP contribution in [0, 0.1) is 13.8 Å². The predicted molar refractivity (Wildman–Crippen MR) is 105 cm³/mol. The summed E-state index contributed by atoms with van der Waals surface area (Å²) in [6.45, 7) is 9.48. The van der Waals surface area contributed by atoms with Gasteiger partial charge in [-0.25, -0.2) is 4.98 Å². The molecule has 0 aliphatic carbocycles. The lowest BCUT2D eigenvalue weighted by Crippen LogP contribution is -2.33. The highest BCUT2D eigenvalue weighted by Gasteiger charge is 2.17. The van der Waals surface area contributed by atoms with Gasteiger partial charge in [0.25, 0.3) is 11.8 Å². The van der Waals surface area contributed by atoms with Crippen molar-refractivity contribution in [2.75, 3.05) is 18.4 Å². The molecule has 0 radical (unpaired) electrons. The summed E-state index contributed by atoms with van der Waals surface area (Å²) >= 11 is 0. The number of pyridine rings is 1. The minimum atomic E-state index is -0.319. The zero-order chi connectivity index (χ0) is 19.1. The van der Waals surface area contributed by atoms with E-state index < -0.39 is 0 Å². The number of hydrogen-bond acceptors (Lipinski definition) is 3. The molecule has 138 valence electrons. The van der Waals surface area contributed by atoms with Gasteiger partial charge in [-0.05, 0) is 62.1 Å². The van der Waals surface area contributed by atoms with Crippen LogP contribution in [0.1, 0.15) is 58.8 Å². The average Bonchev–Trinajstić information content (AvgIpc) is 2.64. The second kappa shape index (κ2) is 9.13. The van der Waals surface area contributed by atoms with Crippen LogP contribution in [-0.4, -0.2) is 34.8 Å². The molecule has 0 bridgehead atoms. The summed E-state index contributed by atoms with van der Waals surface area (Å²) in [5, 5.41) is 2.85. The molecule has 26 heavy (non-hydrogen) atoms. The fourth-order valence-electron chi connectivity index (χ4n) is 2.71. The van der Waals surface area contributed by atoms with Gasteiger partial charge in [-0.2, -0.15) is 0 Å². The number of carbonyl (C=O) groups is 2. The van der Waals surface area contributed by atoms with Gasteiger partial charge >= 0.3 is 0 Å². The van der Waals surface area contributed by atoms with Crippen LogP contribution in [-0.2, 0) is 0 Å². The van der Waals surface area contributed by atoms with Gasteiger partial charge in [0.2, 0.25) is 0 Å². The molecular weight excluding hydrogens is 326 g/mol. The molecule has 0 saturated heterocycles. The fourth-order valence-corrected chi connectivity index (χ4v) is 2.71. The van der Waals surface area contributed by atoms with E-state index in [4.69, 9.17) is 0 Å². The molecule has 0 fully saturated rings. The van der Waals surface area contributed by atoms with E-state index in [1.807, 2.05) is 45.9 Å². The van der Waals surface area contributed by atoms with Gasteiger partial charge in [0, 0.05) is 18.8 Å². The molecule has 1 heterocycles. The van der Waals surface area contributed by atoms with Crippen molar-refractivity contribution in [3.05, 3.63) is 58.9 Å². The highest BCUT2D eigenvalue weighted by Crippen LogP contribution is 2.15. The lowest BCUT2D eigenvalue weighted by molar-refractivity contribution is 0.0749. The number of amides is 2. The van der Waals surface area contributed by atoms with Crippen molar-refractivity contribution in [3.63, 3.8) is 0 Å². The second-order valence-electron chi connectivity index (χ2n) is 6.45. The Balaban J connectivity index is 2.17. The SMILES string of the molecule is CCCN(CCC)C(=O)c1cccc(C(=O)Nc2ccc(C)c(C)c2)n1.